The molecule has 90 valence electrons. The van der Waals surface area contributed by atoms with Gasteiger partial charge in [0.05, 0.1) is 17.8 Å². The molecular weight excluding hydrogens is 274 g/mol. The third-order valence-corrected chi connectivity index (χ3v) is 2.77. The van der Waals surface area contributed by atoms with Gasteiger partial charge in [0.15, 0.2) is 0 Å². The van der Waals surface area contributed by atoms with Crippen molar-refractivity contribution >= 4 is 15.9 Å². The van der Waals surface area contributed by atoms with Gasteiger partial charge in [0.25, 0.3) is 0 Å². The summed E-state index contributed by atoms with van der Waals surface area (Å²) in [5, 5.41) is 0. The molecule has 0 saturated heterocycles. The van der Waals surface area contributed by atoms with Crippen LogP contribution in [-0.2, 0) is 0 Å². The van der Waals surface area contributed by atoms with Crippen molar-refractivity contribution in [2.24, 2.45) is 5.73 Å². The molecule has 0 bridgehead atoms. The largest absolute Gasteiger partial charge is 0.480 e. The Hall–Kier alpha value is -0.880. The number of nitrogens with zero attached hydrogens (tertiary/aromatic N) is 2. The van der Waals surface area contributed by atoms with Crippen LogP contribution >= 0.6 is 15.9 Å². The number of halogens is 1. The first-order valence-corrected chi connectivity index (χ1v) is 5.76. The van der Waals surface area contributed by atoms with Crippen molar-refractivity contribution < 1.29 is 9.47 Å². The molecule has 0 saturated carbocycles. The van der Waals surface area contributed by atoms with Gasteiger partial charge < -0.3 is 15.2 Å². The summed E-state index contributed by atoms with van der Waals surface area (Å²) in [5.74, 6) is 0.445. The molecule has 0 fully saturated rings. The second-order valence-corrected chi connectivity index (χ2v) is 4.66. The lowest BCUT2D eigenvalue weighted by atomic mass is 10.0. The third kappa shape index (κ3) is 3.61. The molecular formula is C10H16BrN3O2. The van der Waals surface area contributed by atoms with Gasteiger partial charge in [-0.3, -0.25) is 0 Å². The number of hydrogen-bond acceptors (Lipinski definition) is 5. The van der Waals surface area contributed by atoms with Crippen molar-refractivity contribution in [1.82, 2.24) is 9.97 Å². The summed E-state index contributed by atoms with van der Waals surface area (Å²) in [7, 11) is 1.54. The number of nitrogens with two attached hydrogens (primary N) is 1. The second-order valence-electron chi connectivity index (χ2n) is 3.81. The van der Waals surface area contributed by atoms with E-state index >= 15 is 0 Å². The molecule has 0 aliphatic heterocycles. The SMILES string of the molecule is CCC(C)(N)COc1ncc(Br)c(OC)n1. The van der Waals surface area contributed by atoms with Crippen molar-refractivity contribution in [1.29, 1.82) is 0 Å². The standard InChI is InChI=1S/C10H16BrN3O2/c1-4-10(2,12)6-16-9-13-5-7(11)8(14-9)15-3/h5H,4,6,12H2,1-3H3. The van der Waals surface area contributed by atoms with Crippen LogP contribution in [0.15, 0.2) is 10.7 Å². The van der Waals surface area contributed by atoms with Gasteiger partial charge in [-0.15, -0.1) is 0 Å². The lowest BCUT2D eigenvalue weighted by Gasteiger charge is -2.21. The zero-order chi connectivity index (χ0) is 12.2. The van der Waals surface area contributed by atoms with E-state index in [4.69, 9.17) is 15.2 Å². The average Bonchev–Trinajstić information content (AvgIpc) is 2.28. The first kappa shape index (κ1) is 13.2. The van der Waals surface area contributed by atoms with E-state index in [0.717, 1.165) is 6.42 Å². The predicted octanol–water partition coefficient (Wildman–Crippen LogP) is 1.75. The van der Waals surface area contributed by atoms with Crippen LogP contribution in [0.4, 0.5) is 0 Å². The molecule has 1 heterocycles. The van der Waals surface area contributed by atoms with Crippen LogP contribution < -0.4 is 15.2 Å². The maximum absolute atomic E-state index is 5.94. The van der Waals surface area contributed by atoms with Gasteiger partial charge in [0.1, 0.15) is 6.61 Å². The van der Waals surface area contributed by atoms with Gasteiger partial charge >= 0.3 is 6.01 Å². The van der Waals surface area contributed by atoms with Crippen molar-refractivity contribution in [2.45, 2.75) is 25.8 Å². The van der Waals surface area contributed by atoms with E-state index in [1.165, 1.54) is 7.11 Å². The summed E-state index contributed by atoms with van der Waals surface area (Å²) < 4.78 is 11.1. The molecule has 1 rings (SSSR count). The summed E-state index contributed by atoms with van der Waals surface area (Å²) >= 11 is 3.26. The zero-order valence-electron chi connectivity index (χ0n) is 9.66. The molecule has 1 aromatic rings. The Balaban J connectivity index is 2.68. The van der Waals surface area contributed by atoms with Crippen molar-refractivity contribution in [3.05, 3.63) is 10.7 Å². The second kappa shape index (κ2) is 5.45. The average molecular weight is 290 g/mol. The number of ether oxygens (including phenoxy) is 2. The molecule has 6 heteroatoms. The first-order valence-electron chi connectivity index (χ1n) is 4.96. The Bertz CT molecular complexity index is 358. The molecule has 0 aromatic carbocycles. The van der Waals surface area contributed by atoms with Crippen LogP contribution in [0.25, 0.3) is 0 Å². The molecule has 2 N–H and O–H groups in total. The van der Waals surface area contributed by atoms with Crippen LogP contribution in [0.5, 0.6) is 11.9 Å². The first-order chi connectivity index (χ1) is 7.48. The summed E-state index contributed by atoms with van der Waals surface area (Å²) in [5.41, 5.74) is 5.57. The summed E-state index contributed by atoms with van der Waals surface area (Å²) in [4.78, 5) is 8.08. The van der Waals surface area contributed by atoms with Gasteiger partial charge in [-0.1, -0.05) is 6.92 Å². The molecule has 16 heavy (non-hydrogen) atoms. The molecule has 0 amide bonds. The number of aromatic nitrogens is 2. The maximum Gasteiger partial charge on any atom is 0.319 e. The van der Waals surface area contributed by atoms with E-state index in [2.05, 4.69) is 25.9 Å². The van der Waals surface area contributed by atoms with Gasteiger partial charge in [-0.2, -0.15) is 4.98 Å². The summed E-state index contributed by atoms with van der Waals surface area (Å²) in [6.45, 7) is 4.30. The fourth-order valence-corrected chi connectivity index (χ4v) is 1.23. The number of rotatable bonds is 5. The summed E-state index contributed by atoms with van der Waals surface area (Å²) in [6, 6.07) is 0.269. The van der Waals surface area contributed by atoms with Gasteiger partial charge in [-0.05, 0) is 29.3 Å². The van der Waals surface area contributed by atoms with E-state index in [9.17, 15) is 0 Å². The lowest BCUT2D eigenvalue weighted by Crippen LogP contribution is -2.41. The highest BCUT2D eigenvalue weighted by atomic mass is 79.9. The summed E-state index contributed by atoms with van der Waals surface area (Å²) in [6.07, 6.45) is 2.40. The third-order valence-electron chi connectivity index (χ3n) is 2.22. The Morgan fingerprint density at radius 2 is 2.25 bits per heavy atom. The quantitative estimate of drug-likeness (QED) is 0.894. The molecule has 0 aliphatic rings. The van der Waals surface area contributed by atoms with E-state index in [1.54, 1.807) is 6.20 Å². The minimum absolute atomic E-state index is 0.269. The minimum atomic E-state index is -0.371. The molecule has 5 nitrogen and oxygen atoms in total. The normalized spacial score (nSPS) is 14.3. The molecule has 0 spiro atoms. The van der Waals surface area contributed by atoms with Crippen LogP contribution in [0, 0.1) is 0 Å². The van der Waals surface area contributed by atoms with Gasteiger partial charge in [0, 0.05) is 5.54 Å². The Morgan fingerprint density at radius 1 is 1.56 bits per heavy atom. The smallest absolute Gasteiger partial charge is 0.319 e. The van der Waals surface area contributed by atoms with Gasteiger partial charge in [-0.25, -0.2) is 4.98 Å². The fourth-order valence-electron chi connectivity index (χ4n) is 0.880. The van der Waals surface area contributed by atoms with Gasteiger partial charge in [0.2, 0.25) is 5.88 Å². The van der Waals surface area contributed by atoms with Crippen LogP contribution in [0.3, 0.4) is 0 Å². The van der Waals surface area contributed by atoms with E-state index in [0.29, 0.717) is 17.0 Å². The van der Waals surface area contributed by atoms with Crippen LogP contribution in [0.2, 0.25) is 0 Å². The Morgan fingerprint density at radius 3 is 2.81 bits per heavy atom. The molecule has 1 unspecified atom stereocenters. The molecule has 1 atom stereocenters. The highest BCUT2D eigenvalue weighted by Crippen LogP contribution is 2.22. The van der Waals surface area contributed by atoms with E-state index in [1.807, 2.05) is 13.8 Å². The molecule has 1 aromatic heterocycles. The zero-order valence-corrected chi connectivity index (χ0v) is 11.2. The number of methoxy groups -OCH3 is 1. The molecule has 0 aliphatic carbocycles. The predicted molar refractivity (Wildman–Crippen MR) is 64.7 cm³/mol. The molecule has 0 radical (unpaired) electrons. The highest BCUT2D eigenvalue weighted by Gasteiger charge is 2.17. The van der Waals surface area contributed by atoms with Crippen molar-refractivity contribution in [3.8, 4) is 11.9 Å². The van der Waals surface area contributed by atoms with E-state index in [-0.39, 0.29) is 11.5 Å². The Labute approximate surface area is 103 Å². The monoisotopic (exact) mass is 289 g/mol. The van der Waals surface area contributed by atoms with Crippen molar-refractivity contribution in [2.75, 3.05) is 13.7 Å². The van der Waals surface area contributed by atoms with Crippen LogP contribution in [-0.4, -0.2) is 29.2 Å². The highest BCUT2D eigenvalue weighted by molar-refractivity contribution is 9.10. The number of hydrogen-bond donors (Lipinski definition) is 1. The van der Waals surface area contributed by atoms with Crippen LogP contribution in [0.1, 0.15) is 20.3 Å². The maximum atomic E-state index is 5.94. The van der Waals surface area contributed by atoms with Crippen molar-refractivity contribution in [3.63, 3.8) is 0 Å². The fraction of sp³-hybridized carbons (Fsp3) is 0.600. The Kier molecular flexibility index (Phi) is 4.49. The topological polar surface area (TPSA) is 70.3 Å². The minimum Gasteiger partial charge on any atom is -0.480 e. The lowest BCUT2D eigenvalue weighted by molar-refractivity contribution is 0.208. The van der Waals surface area contributed by atoms with E-state index < -0.39 is 0 Å².